The third-order valence-corrected chi connectivity index (χ3v) is 3.92. The third-order valence-electron chi connectivity index (χ3n) is 3.92. The fraction of sp³-hybridized carbons (Fsp3) is 0.333. The van der Waals surface area contributed by atoms with Crippen molar-refractivity contribution in [2.24, 2.45) is 0 Å². The maximum atomic E-state index is 10.6. The molecule has 0 saturated heterocycles. The molecular formula is C15H16N2O3. The van der Waals surface area contributed by atoms with E-state index < -0.39 is 5.97 Å². The Bertz CT molecular complexity index is 627. The van der Waals surface area contributed by atoms with Crippen LogP contribution in [0.2, 0.25) is 0 Å². The number of rotatable bonds is 5. The van der Waals surface area contributed by atoms with Gasteiger partial charge in [-0.05, 0) is 24.0 Å². The number of aromatic nitrogens is 2. The Balaban J connectivity index is 1.81. The van der Waals surface area contributed by atoms with Crippen LogP contribution in [0.5, 0.6) is 0 Å². The zero-order valence-corrected chi connectivity index (χ0v) is 11.0. The molecule has 5 nitrogen and oxygen atoms in total. The van der Waals surface area contributed by atoms with Gasteiger partial charge < -0.3 is 10.2 Å². The second kappa shape index (κ2) is 4.76. The van der Waals surface area contributed by atoms with E-state index >= 15 is 0 Å². The quantitative estimate of drug-likeness (QED) is 0.868. The van der Waals surface area contributed by atoms with E-state index in [1.807, 2.05) is 24.3 Å². The number of nitrogens with zero attached hydrogens (tertiary/aromatic N) is 2. The van der Waals surface area contributed by atoms with Gasteiger partial charge in [0.1, 0.15) is 6.54 Å². The smallest absolute Gasteiger partial charge is 0.325 e. The summed E-state index contributed by atoms with van der Waals surface area (Å²) in [5.74, 6) is -0.909. The Morgan fingerprint density at radius 3 is 2.50 bits per heavy atom. The summed E-state index contributed by atoms with van der Waals surface area (Å²) in [4.78, 5) is 10.6. The first-order chi connectivity index (χ1) is 9.63. The van der Waals surface area contributed by atoms with Crippen molar-refractivity contribution >= 4 is 5.97 Å². The molecule has 1 aromatic heterocycles. The lowest BCUT2D eigenvalue weighted by molar-refractivity contribution is -0.137. The molecule has 1 fully saturated rings. The molecule has 0 spiro atoms. The molecule has 104 valence electrons. The van der Waals surface area contributed by atoms with E-state index in [0.29, 0.717) is 0 Å². The minimum atomic E-state index is -0.909. The average Bonchev–Trinajstić information content (AvgIpc) is 3.12. The molecule has 1 aliphatic rings. The SMILES string of the molecule is O=C(O)Cn1cc(-c2ccc(C3(CO)CC3)cc2)cn1. The van der Waals surface area contributed by atoms with Crippen molar-refractivity contribution in [3.05, 3.63) is 42.2 Å². The molecule has 1 saturated carbocycles. The Morgan fingerprint density at radius 2 is 1.95 bits per heavy atom. The topological polar surface area (TPSA) is 75.3 Å². The predicted molar refractivity (Wildman–Crippen MR) is 73.3 cm³/mol. The van der Waals surface area contributed by atoms with Gasteiger partial charge in [0.05, 0.1) is 12.8 Å². The molecule has 2 N–H and O–H groups in total. The van der Waals surface area contributed by atoms with Gasteiger partial charge in [-0.2, -0.15) is 5.10 Å². The van der Waals surface area contributed by atoms with E-state index in [-0.39, 0.29) is 18.6 Å². The molecule has 0 bridgehead atoms. The Labute approximate surface area is 116 Å². The van der Waals surface area contributed by atoms with Crippen LogP contribution in [0, 0.1) is 0 Å². The van der Waals surface area contributed by atoms with Crippen LogP contribution in [0.15, 0.2) is 36.7 Å². The summed E-state index contributed by atoms with van der Waals surface area (Å²) in [6.45, 7) is 0.0641. The van der Waals surface area contributed by atoms with E-state index in [9.17, 15) is 9.90 Å². The van der Waals surface area contributed by atoms with Crippen LogP contribution in [0.3, 0.4) is 0 Å². The first kappa shape index (κ1) is 12.9. The van der Waals surface area contributed by atoms with Crippen LogP contribution in [-0.4, -0.2) is 32.6 Å². The summed E-state index contributed by atoms with van der Waals surface area (Å²) in [7, 11) is 0. The summed E-state index contributed by atoms with van der Waals surface area (Å²) in [6.07, 6.45) is 5.47. The maximum absolute atomic E-state index is 10.6. The number of hydrogen-bond acceptors (Lipinski definition) is 3. The average molecular weight is 272 g/mol. The van der Waals surface area contributed by atoms with Crippen molar-refractivity contribution in [1.82, 2.24) is 9.78 Å². The lowest BCUT2D eigenvalue weighted by Gasteiger charge is -2.12. The molecule has 0 aliphatic heterocycles. The zero-order valence-electron chi connectivity index (χ0n) is 11.0. The van der Waals surface area contributed by atoms with Gasteiger partial charge in [-0.25, -0.2) is 0 Å². The Morgan fingerprint density at radius 1 is 1.25 bits per heavy atom. The summed E-state index contributed by atoms with van der Waals surface area (Å²) in [5, 5.41) is 22.2. The normalized spacial score (nSPS) is 16.1. The van der Waals surface area contributed by atoms with Crippen molar-refractivity contribution in [3.8, 4) is 11.1 Å². The van der Waals surface area contributed by atoms with Crippen LogP contribution < -0.4 is 0 Å². The van der Waals surface area contributed by atoms with Crippen molar-refractivity contribution in [2.75, 3.05) is 6.61 Å². The van der Waals surface area contributed by atoms with Gasteiger partial charge >= 0.3 is 5.97 Å². The molecule has 0 atom stereocenters. The molecule has 0 unspecified atom stereocenters. The van der Waals surface area contributed by atoms with E-state index in [2.05, 4.69) is 5.10 Å². The number of carboxylic acids is 1. The molecule has 1 aliphatic carbocycles. The highest BCUT2D eigenvalue weighted by atomic mass is 16.4. The fourth-order valence-corrected chi connectivity index (χ4v) is 2.44. The zero-order chi connectivity index (χ0) is 14.2. The molecule has 2 aromatic rings. The highest BCUT2D eigenvalue weighted by molar-refractivity contribution is 5.67. The summed E-state index contributed by atoms with van der Waals surface area (Å²) >= 11 is 0. The minimum absolute atomic E-state index is 0.0218. The highest BCUT2D eigenvalue weighted by Gasteiger charge is 2.43. The monoisotopic (exact) mass is 272 g/mol. The number of benzene rings is 1. The van der Waals surface area contributed by atoms with E-state index in [4.69, 9.17) is 5.11 Å². The van der Waals surface area contributed by atoms with Gasteiger partial charge in [-0.1, -0.05) is 24.3 Å². The van der Waals surface area contributed by atoms with Gasteiger partial charge in [0.2, 0.25) is 0 Å². The number of aliphatic hydroxyl groups excluding tert-OH is 1. The highest BCUT2D eigenvalue weighted by Crippen LogP contribution is 2.47. The standard InChI is InChI=1S/C15H16N2O3/c18-10-15(5-6-15)13-3-1-11(2-4-13)12-7-16-17(8-12)9-14(19)20/h1-4,7-8,18H,5-6,9-10H2,(H,19,20). The molecule has 5 heteroatoms. The van der Waals surface area contributed by atoms with E-state index in [0.717, 1.165) is 24.0 Å². The van der Waals surface area contributed by atoms with Crippen molar-refractivity contribution < 1.29 is 15.0 Å². The number of aliphatic carboxylic acids is 1. The van der Waals surface area contributed by atoms with Crippen LogP contribution in [0.4, 0.5) is 0 Å². The molecule has 1 heterocycles. The van der Waals surface area contributed by atoms with Gasteiger partial charge in [-0.3, -0.25) is 9.48 Å². The fourth-order valence-electron chi connectivity index (χ4n) is 2.44. The molecule has 20 heavy (non-hydrogen) atoms. The lowest BCUT2D eigenvalue weighted by Crippen LogP contribution is -2.11. The molecular weight excluding hydrogens is 256 g/mol. The van der Waals surface area contributed by atoms with Crippen LogP contribution in [0.1, 0.15) is 18.4 Å². The second-order valence-electron chi connectivity index (χ2n) is 5.34. The Hall–Kier alpha value is -2.14. The first-order valence-corrected chi connectivity index (χ1v) is 6.59. The third kappa shape index (κ3) is 2.32. The largest absolute Gasteiger partial charge is 0.480 e. The minimum Gasteiger partial charge on any atom is -0.480 e. The molecule has 3 rings (SSSR count). The van der Waals surface area contributed by atoms with Crippen LogP contribution in [0.25, 0.3) is 11.1 Å². The van der Waals surface area contributed by atoms with Gasteiger partial charge in [0, 0.05) is 17.2 Å². The van der Waals surface area contributed by atoms with Gasteiger partial charge in [0.15, 0.2) is 0 Å². The lowest BCUT2D eigenvalue weighted by atomic mass is 9.95. The number of carbonyl (C=O) groups is 1. The predicted octanol–water partition coefficient (Wildman–Crippen LogP) is 1.66. The number of carboxylic acid groups (broad SMARTS) is 1. The summed E-state index contributed by atoms with van der Waals surface area (Å²) < 4.78 is 1.40. The van der Waals surface area contributed by atoms with Crippen molar-refractivity contribution in [1.29, 1.82) is 0 Å². The molecule has 1 aromatic carbocycles. The van der Waals surface area contributed by atoms with Gasteiger partial charge in [-0.15, -0.1) is 0 Å². The van der Waals surface area contributed by atoms with Crippen molar-refractivity contribution in [2.45, 2.75) is 24.8 Å². The maximum Gasteiger partial charge on any atom is 0.325 e. The molecule has 0 amide bonds. The van der Waals surface area contributed by atoms with Crippen molar-refractivity contribution in [3.63, 3.8) is 0 Å². The summed E-state index contributed by atoms with van der Waals surface area (Å²) in [5.41, 5.74) is 3.04. The van der Waals surface area contributed by atoms with Crippen LogP contribution in [-0.2, 0) is 16.8 Å². The van der Waals surface area contributed by atoms with Gasteiger partial charge in [0.25, 0.3) is 0 Å². The Kier molecular flexibility index (Phi) is 3.06. The number of hydrogen-bond donors (Lipinski definition) is 2. The molecule has 0 radical (unpaired) electrons. The number of aliphatic hydroxyl groups is 1. The summed E-state index contributed by atoms with van der Waals surface area (Å²) in [6, 6.07) is 8.06. The second-order valence-corrected chi connectivity index (χ2v) is 5.34. The van der Waals surface area contributed by atoms with E-state index in [1.165, 1.54) is 10.2 Å². The first-order valence-electron chi connectivity index (χ1n) is 6.59. The van der Waals surface area contributed by atoms with Crippen LogP contribution >= 0.6 is 0 Å². The van der Waals surface area contributed by atoms with E-state index in [1.54, 1.807) is 12.4 Å².